The molecule has 0 saturated carbocycles. The van der Waals surface area contributed by atoms with Gasteiger partial charge in [0.1, 0.15) is 5.75 Å². The van der Waals surface area contributed by atoms with Crippen LogP contribution in [0.1, 0.15) is 55.7 Å². The molecule has 0 saturated heterocycles. The van der Waals surface area contributed by atoms with Gasteiger partial charge in [0, 0.05) is 5.56 Å². The summed E-state index contributed by atoms with van der Waals surface area (Å²) in [7, 11) is 0. The van der Waals surface area contributed by atoms with Crippen molar-refractivity contribution >= 4 is 0 Å². The smallest absolute Gasteiger partial charge is 0.122 e. The van der Waals surface area contributed by atoms with E-state index in [0.717, 1.165) is 12.0 Å². The summed E-state index contributed by atoms with van der Waals surface area (Å²) in [5, 5.41) is 10.0. The number of phenols is 1. The lowest BCUT2D eigenvalue weighted by Gasteiger charge is -2.38. The predicted octanol–water partition coefficient (Wildman–Crippen LogP) is 3.57. The number of hydrogen-bond acceptors (Lipinski definition) is 1. The lowest BCUT2D eigenvalue weighted by Crippen LogP contribution is -2.21. The molecular formula is C13H18O. The zero-order valence-corrected chi connectivity index (χ0v) is 9.17. The van der Waals surface area contributed by atoms with E-state index in [4.69, 9.17) is 0 Å². The molecule has 2 unspecified atom stereocenters. The lowest BCUT2D eigenvalue weighted by molar-refractivity contribution is 0.414. The van der Waals surface area contributed by atoms with E-state index in [1.54, 1.807) is 0 Å². The summed E-state index contributed by atoms with van der Waals surface area (Å²) in [6, 6.07) is 4.27. The first-order valence-electron chi connectivity index (χ1n) is 5.55. The monoisotopic (exact) mass is 190 g/mol. The third-order valence-electron chi connectivity index (χ3n) is 3.61. The van der Waals surface area contributed by atoms with Crippen molar-refractivity contribution in [2.75, 3.05) is 0 Å². The minimum Gasteiger partial charge on any atom is -0.507 e. The van der Waals surface area contributed by atoms with Crippen LogP contribution in [0.25, 0.3) is 0 Å². The molecule has 0 fully saturated rings. The third kappa shape index (κ3) is 1.08. The topological polar surface area (TPSA) is 20.2 Å². The first kappa shape index (κ1) is 9.57. The maximum absolute atomic E-state index is 10.0. The van der Waals surface area contributed by atoms with Crippen LogP contribution in [0.2, 0.25) is 0 Å². The number of hydrogen-bond donors (Lipinski definition) is 1. The molecule has 0 spiro atoms. The summed E-state index contributed by atoms with van der Waals surface area (Å²) in [4.78, 5) is 0. The Bertz CT molecular complexity index is 354. The first-order chi connectivity index (χ1) is 6.70. The molecule has 0 bridgehead atoms. The zero-order valence-electron chi connectivity index (χ0n) is 9.17. The lowest BCUT2D eigenvalue weighted by atomic mass is 9.67. The van der Waals surface area contributed by atoms with Crippen LogP contribution in [0.4, 0.5) is 0 Å². The Balaban J connectivity index is 2.47. The standard InChI is InChI=1S/C13H18O/c1-4-9-6-7-11-10(5-2)8(3)12(11)13(9)14/h6-8,10,14H,4-5H2,1-3H3. The van der Waals surface area contributed by atoms with Gasteiger partial charge in [-0.25, -0.2) is 0 Å². The second kappa shape index (κ2) is 3.30. The molecule has 1 nitrogen and oxygen atoms in total. The molecule has 1 aliphatic carbocycles. The highest BCUT2D eigenvalue weighted by molar-refractivity contribution is 5.55. The third-order valence-corrected chi connectivity index (χ3v) is 3.61. The average Bonchev–Trinajstić information content (AvgIpc) is 2.17. The van der Waals surface area contributed by atoms with Crippen molar-refractivity contribution in [2.45, 2.75) is 45.4 Å². The van der Waals surface area contributed by atoms with E-state index < -0.39 is 0 Å². The van der Waals surface area contributed by atoms with Gasteiger partial charge in [-0.15, -0.1) is 0 Å². The minimum atomic E-state index is 0.543. The quantitative estimate of drug-likeness (QED) is 0.756. The minimum absolute atomic E-state index is 0.543. The van der Waals surface area contributed by atoms with Crippen molar-refractivity contribution < 1.29 is 5.11 Å². The van der Waals surface area contributed by atoms with Gasteiger partial charge in [-0.3, -0.25) is 0 Å². The largest absolute Gasteiger partial charge is 0.507 e. The van der Waals surface area contributed by atoms with Crippen LogP contribution in [0.3, 0.4) is 0 Å². The number of rotatable bonds is 2. The molecule has 2 rings (SSSR count). The first-order valence-corrected chi connectivity index (χ1v) is 5.55. The van der Waals surface area contributed by atoms with Crippen molar-refractivity contribution in [1.82, 2.24) is 0 Å². The van der Waals surface area contributed by atoms with Gasteiger partial charge >= 0.3 is 0 Å². The molecule has 1 N–H and O–H groups in total. The maximum Gasteiger partial charge on any atom is 0.122 e. The average molecular weight is 190 g/mol. The van der Waals surface area contributed by atoms with Crippen LogP contribution < -0.4 is 0 Å². The SMILES string of the molecule is CCc1ccc2c(c1O)C(C)C2CC. The molecule has 0 aliphatic heterocycles. The molecule has 0 aromatic heterocycles. The van der Waals surface area contributed by atoms with Crippen molar-refractivity contribution in [1.29, 1.82) is 0 Å². The Hall–Kier alpha value is -0.980. The van der Waals surface area contributed by atoms with Gasteiger partial charge in [-0.05, 0) is 35.8 Å². The van der Waals surface area contributed by atoms with Gasteiger partial charge < -0.3 is 5.11 Å². The number of benzene rings is 1. The van der Waals surface area contributed by atoms with Crippen LogP contribution in [0.15, 0.2) is 12.1 Å². The Morgan fingerprint density at radius 2 is 2.00 bits per heavy atom. The van der Waals surface area contributed by atoms with E-state index in [2.05, 4.69) is 32.9 Å². The molecule has 0 amide bonds. The van der Waals surface area contributed by atoms with Crippen LogP contribution >= 0.6 is 0 Å². The molecule has 1 aliphatic rings. The molecular weight excluding hydrogens is 172 g/mol. The normalized spacial score (nSPS) is 24.2. The summed E-state index contributed by atoms with van der Waals surface area (Å²) in [6.07, 6.45) is 2.10. The zero-order chi connectivity index (χ0) is 10.3. The molecule has 14 heavy (non-hydrogen) atoms. The van der Waals surface area contributed by atoms with E-state index in [1.165, 1.54) is 17.5 Å². The maximum atomic E-state index is 10.0. The molecule has 0 heterocycles. The van der Waals surface area contributed by atoms with Crippen LogP contribution in [0, 0.1) is 0 Å². The molecule has 0 radical (unpaired) electrons. The summed E-state index contributed by atoms with van der Waals surface area (Å²) < 4.78 is 0. The fraction of sp³-hybridized carbons (Fsp3) is 0.538. The molecule has 2 atom stereocenters. The van der Waals surface area contributed by atoms with Crippen molar-refractivity contribution in [2.24, 2.45) is 0 Å². The predicted molar refractivity (Wildman–Crippen MR) is 58.9 cm³/mol. The fourth-order valence-corrected chi connectivity index (χ4v) is 2.70. The van der Waals surface area contributed by atoms with Gasteiger partial charge in [0.15, 0.2) is 0 Å². The Labute approximate surface area is 85.8 Å². The van der Waals surface area contributed by atoms with Crippen molar-refractivity contribution in [3.63, 3.8) is 0 Å². The van der Waals surface area contributed by atoms with E-state index in [9.17, 15) is 5.11 Å². The second-order valence-corrected chi connectivity index (χ2v) is 4.23. The summed E-state index contributed by atoms with van der Waals surface area (Å²) in [5.41, 5.74) is 3.66. The number of phenolic OH excluding ortho intramolecular Hbond substituents is 1. The number of aryl methyl sites for hydroxylation is 1. The summed E-state index contributed by atoms with van der Waals surface area (Å²) in [5.74, 6) is 1.77. The van der Waals surface area contributed by atoms with E-state index >= 15 is 0 Å². The Kier molecular flexibility index (Phi) is 2.26. The van der Waals surface area contributed by atoms with E-state index in [0.29, 0.717) is 17.6 Å². The Morgan fingerprint density at radius 1 is 1.29 bits per heavy atom. The number of fused-ring (bicyclic) bond motifs is 1. The van der Waals surface area contributed by atoms with Gasteiger partial charge in [-0.2, -0.15) is 0 Å². The van der Waals surface area contributed by atoms with E-state index in [-0.39, 0.29) is 0 Å². The van der Waals surface area contributed by atoms with Crippen molar-refractivity contribution in [3.05, 3.63) is 28.8 Å². The van der Waals surface area contributed by atoms with Crippen LogP contribution in [-0.2, 0) is 6.42 Å². The van der Waals surface area contributed by atoms with Crippen LogP contribution in [0.5, 0.6) is 5.75 Å². The molecule has 1 heteroatoms. The van der Waals surface area contributed by atoms with Crippen molar-refractivity contribution in [3.8, 4) is 5.75 Å². The summed E-state index contributed by atoms with van der Waals surface area (Å²) >= 11 is 0. The van der Waals surface area contributed by atoms with Gasteiger partial charge in [0.2, 0.25) is 0 Å². The van der Waals surface area contributed by atoms with Gasteiger partial charge in [-0.1, -0.05) is 32.9 Å². The van der Waals surface area contributed by atoms with Gasteiger partial charge in [0.25, 0.3) is 0 Å². The molecule has 76 valence electrons. The highest BCUT2D eigenvalue weighted by Gasteiger charge is 2.35. The van der Waals surface area contributed by atoms with Gasteiger partial charge in [0.05, 0.1) is 0 Å². The highest BCUT2D eigenvalue weighted by Crippen LogP contribution is 2.52. The second-order valence-electron chi connectivity index (χ2n) is 4.23. The Morgan fingerprint density at radius 3 is 2.57 bits per heavy atom. The fourth-order valence-electron chi connectivity index (χ4n) is 2.70. The van der Waals surface area contributed by atoms with Crippen LogP contribution in [-0.4, -0.2) is 5.11 Å². The molecule has 1 aromatic carbocycles. The summed E-state index contributed by atoms with van der Waals surface area (Å²) in [6.45, 7) is 6.52. The highest BCUT2D eigenvalue weighted by atomic mass is 16.3. The van der Waals surface area contributed by atoms with E-state index in [1.807, 2.05) is 0 Å². The number of aromatic hydroxyl groups is 1. The molecule has 1 aromatic rings.